The van der Waals surface area contributed by atoms with Gasteiger partial charge in [0.15, 0.2) is 0 Å². The summed E-state index contributed by atoms with van der Waals surface area (Å²) in [6, 6.07) is 0. The quantitative estimate of drug-likeness (QED) is 0.785. The van der Waals surface area contributed by atoms with Crippen molar-refractivity contribution >= 4 is 11.8 Å². The van der Waals surface area contributed by atoms with Crippen LogP contribution in [0.5, 0.6) is 0 Å². The molecule has 1 unspecified atom stereocenters. The van der Waals surface area contributed by atoms with Crippen molar-refractivity contribution in [3.8, 4) is 0 Å². The standard InChI is InChI=1S/C12H26N2S/c1-3-5-12(2,10-13)11-14-6-4-8-15-9-7-14/h3-11,13H2,1-2H3. The predicted octanol–water partition coefficient (Wildman–Crippen LogP) is 2.19. The lowest BCUT2D eigenvalue weighted by Crippen LogP contribution is -2.41. The molecule has 0 saturated carbocycles. The van der Waals surface area contributed by atoms with E-state index < -0.39 is 0 Å². The summed E-state index contributed by atoms with van der Waals surface area (Å²) in [7, 11) is 0. The molecule has 90 valence electrons. The summed E-state index contributed by atoms with van der Waals surface area (Å²) in [5.74, 6) is 2.64. The fraction of sp³-hybridized carbons (Fsp3) is 1.00. The second kappa shape index (κ2) is 6.77. The van der Waals surface area contributed by atoms with E-state index in [2.05, 4.69) is 30.5 Å². The summed E-state index contributed by atoms with van der Waals surface area (Å²) < 4.78 is 0. The Balaban J connectivity index is 2.41. The third-order valence-electron chi connectivity index (χ3n) is 3.27. The molecule has 1 fully saturated rings. The Morgan fingerprint density at radius 2 is 2.13 bits per heavy atom. The molecule has 0 aliphatic carbocycles. The van der Waals surface area contributed by atoms with E-state index >= 15 is 0 Å². The first-order valence-electron chi connectivity index (χ1n) is 6.20. The minimum Gasteiger partial charge on any atom is -0.330 e. The molecular formula is C12H26N2S. The van der Waals surface area contributed by atoms with E-state index in [1.807, 2.05) is 0 Å². The molecule has 0 aromatic carbocycles. The highest BCUT2D eigenvalue weighted by Gasteiger charge is 2.25. The normalized spacial score (nSPS) is 23.4. The van der Waals surface area contributed by atoms with Crippen LogP contribution >= 0.6 is 11.8 Å². The van der Waals surface area contributed by atoms with Gasteiger partial charge in [0.2, 0.25) is 0 Å². The second-order valence-electron chi connectivity index (χ2n) is 5.01. The lowest BCUT2D eigenvalue weighted by Gasteiger charge is -2.34. The van der Waals surface area contributed by atoms with Crippen molar-refractivity contribution in [2.24, 2.45) is 11.1 Å². The number of hydrogen-bond donors (Lipinski definition) is 1. The summed E-state index contributed by atoms with van der Waals surface area (Å²) in [4.78, 5) is 2.61. The predicted molar refractivity (Wildman–Crippen MR) is 70.5 cm³/mol. The minimum atomic E-state index is 0.337. The Morgan fingerprint density at radius 1 is 1.33 bits per heavy atom. The first-order chi connectivity index (χ1) is 7.20. The van der Waals surface area contributed by atoms with Crippen LogP contribution < -0.4 is 5.73 Å². The molecule has 1 aliphatic heterocycles. The van der Waals surface area contributed by atoms with Crippen LogP contribution in [0.25, 0.3) is 0 Å². The maximum Gasteiger partial charge on any atom is 0.00726 e. The lowest BCUT2D eigenvalue weighted by molar-refractivity contribution is 0.167. The zero-order valence-electron chi connectivity index (χ0n) is 10.3. The molecule has 1 saturated heterocycles. The van der Waals surface area contributed by atoms with Gasteiger partial charge >= 0.3 is 0 Å². The molecule has 3 heteroatoms. The van der Waals surface area contributed by atoms with Crippen LogP contribution in [0.3, 0.4) is 0 Å². The van der Waals surface area contributed by atoms with Gasteiger partial charge in [-0.25, -0.2) is 0 Å². The maximum atomic E-state index is 5.92. The Morgan fingerprint density at radius 3 is 2.80 bits per heavy atom. The Hall–Kier alpha value is 0.270. The van der Waals surface area contributed by atoms with Crippen molar-refractivity contribution in [1.82, 2.24) is 4.90 Å². The maximum absolute atomic E-state index is 5.92. The van der Waals surface area contributed by atoms with E-state index in [-0.39, 0.29) is 0 Å². The number of thioether (sulfide) groups is 1. The third-order valence-corrected chi connectivity index (χ3v) is 4.32. The van der Waals surface area contributed by atoms with Crippen LogP contribution in [-0.2, 0) is 0 Å². The van der Waals surface area contributed by atoms with Gasteiger partial charge < -0.3 is 10.6 Å². The van der Waals surface area contributed by atoms with Gasteiger partial charge in [0.25, 0.3) is 0 Å². The fourth-order valence-electron chi connectivity index (χ4n) is 2.34. The van der Waals surface area contributed by atoms with Crippen LogP contribution in [0.1, 0.15) is 33.1 Å². The average Bonchev–Trinajstić information content (AvgIpc) is 2.47. The molecule has 1 rings (SSSR count). The van der Waals surface area contributed by atoms with Crippen molar-refractivity contribution in [3.63, 3.8) is 0 Å². The average molecular weight is 230 g/mol. The van der Waals surface area contributed by atoms with Crippen molar-refractivity contribution in [2.45, 2.75) is 33.1 Å². The first-order valence-corrected chi connectivity index (χ1v) is 7.36. The molecule has 0 aromatic rings. The van der Waals surface area contributed by atoms with Crippen LogP contribution in [0.15, 0.2) is 0 Å². The smallest absolute Gasteiger partial charge is 0.00726 e. The number of rotatable bonds is 5. The second-order valence-corrected chi connectivity index (χ2v) is 6.23. The Bertz CT molecular complexity index is 167. The highest BCUT2D eigenvalue weighted by Crippen LogP contribution is 2.24. The molecule has 2 nitrogen and oxygen atoms in total. The van der Waals surface area contributed by atoms with Crippen LogP contribution in [-0.4, -0.2) is 42.6 Å². The van der Waals surface area contributed by atoms with Gasteiger partial charge in [0.05, 0.1) is 0 Å². The summed E-state index contributed by atoms with van der Waals surface area (Å²) in [5, 5.41) is 0. The molecule has 0 radical (unpaired) electrons. The highest BCUT2D eigenvalue weighted by molar-refractivity contribution is 7.99. The topological polar surface area (TPSA) is 29.3 Å². The molecular weight excluding hydrogens is 204 g/mol. The summed E-state index contributed by atoms with van der Waals surface area (Å²) >= 11 is 2.09. The Labute approximate surface area is 99.0 Å². The molecule has 0 aromatic heterocycles. The minimum absolute atomic E-state index is 0.337. The van der Waals surface area contributed by atoms with Crippen LogP contribution in [0.2, 0.25) is 0 Å². The van der Waals surface area contributed by atoms with E-state index in [1.165, 1.54) is 50.4 Å². The Kier molecular flexibility index (Phi) is 6.02. The largest absolute Gasteiger partial charge is 0.330 e. The van der Waals surface area contributed by atoms with Gasteiger partial charge in [-0.3, -0.25) is 0 Å². The molecule has 2 N–H and O–H groups in total. The fourth-order valence-corrected chi connectivity index (χ4v) is 3.27. The van der Waals surface area contributed by atoms with E-state index in [9.17, 15) is 0 Å². The molecule has 1 atom stereocenters. The monoisotopic (exact) mass is 230 g/mol. The molecule has 15 heavy (non-hydrogen) atoms. The van der Waals surface area contributed by atoms with Crippen molar-refractivity contribution < 1.29 is 0 Å². The van der Waals surface area contributed by atoms with E-state index in [1.54, 1.807) is 0 Å². The zero-order valence-corrected chi connectivity index (χ0v) is 11.1. The van der Waals surface area contributed by atoms with Gasteiger partial charge in [-0.2, -0.15) is 11.8 Å². The summed E-state index contributed by atoms with van der Waals surface area (Å²) in [6.07, 6.45) is 3.85. The highest BCUT2D eigenvalue weighted by atomic mass is 32.2. The van der Waals surface area contributed by atoms with Crippen LogP contribution in [0.4, 0.5) is 0 Å². The van der Waals surface area contributed by atoms with Crippen molar-refractivity contribution in [1.29, 1.82) is 0 Å². The van der Waals surface area contributed by atoms with Crippen molar-refractivity contribution in [2.75, 3.05) is 37.7 Å². The SMILES string of the molecule is CCCC(C)(CN)CN1CCCSCC1. The zero-order chi connectivity index (χ0) is 11.1. The first kappa shape index (κ1) is 13.3. The number of nitrogens with zero attached hydrogens (tertiary/aromatic N) is 1. The van der Waals surface area contributed by atoms with Gasteiger partial charge in [0.1, 0.15) is 0 Å². The number of nitrogens with two attached hydrogens (primary N) is 1. The molecule has 0 spiro atoms. The number of hydrogen-bond acceptors (Lipinski definition) is 3. The molecule has 0 amide bonds. The van der Waals surface area contributed by atoms with Crippen molar-refractivity contribution in [3.05, 3.63) is 0 Å². The molecule has 1 heterocycles. The van der Waals surface area contributed by atoms with Gasteiger partial charge in [0, 0.05) is 18.8 Å². The summed E-state index contributed by atoms with van der Waals surface area (Å²) in [5.41, 5.74) is 6.25. The molecule has 1 aliphatic rings. The summed E-state index contributed by atoms with van der Waals surface area (Å²) in [6.45, 7) is 9.14. The lowest BCUT2D eigenvalue weighted by atomic mass is 9.85. The van der Waals surface area contributed by atoms with E-state index in [0.29, 0.717) is 5.41 Å². The molecule has 0 bridgehead atoms. The van der Waals surface area contributed by atoms with Gasteiger partial charge in [-0.1, -0.05) is 20.3 Å². The van der Waals surface area contributed by atoms with E-state index in [4.69, 9.17) is 5.73 Å². The van der Waals surface area contributed by atoms with Crippen LogP contribution in [0, 0.1) is 5.41 Å². The van der Waals surface area contributed by atoms with E-state index in [0.717, 1.165) is 6.54 Å². The third kappa shape index (κ3) is 4.75. The van der Waals surface area contributed by atoms with Gasteiger partial charge in [-0.05, 0) is 37.1 Å². The van der Waals surface area contributed by atoms with Gasteiger partial charge in [-0.15, -0.1) is 0 Å².